The van der Waals surface area contributed by atoms with Gasteiger partial charge in [0.1, 0.15) is 0 Å². The summed E-state index contributed by atoms with van der Waals surface area (Å²) in [5.74, 6) is -1.52. The highest BCUT2D eigenvalue weighted by Gasteiger charge is 2.41. The zero-order valence-electron chi connectivity index (χ0n) is 18.1. The molecule has 2 heterocycles. The summed E-state index contributed by atoms with van der Waals surface area (Å²) in [5, 5.41) is 23.0. The molecule has 1 aliphatic heterocycles. The fraction of sp³-hybridized carbons (Fsp3) is 0.750. The smallest absolute Gasteiger partial charge is 0.426 e. The standard InChI is InChI=1S/C20H29BF3N3O4S/c1-11(2)7-17(21(30)31)26-18(29)13(8-12-3-4-12)9-15(28)14-5-6-27(14)19-25-16(10-32-19)20(22,23)24/h10-14,17,30-31H,3-9H2,1-2H3,(H,26,29)/t13-,14+,17+/m1/s1. The Labute approximate surface area is 189 Å². The van der Waals surface area contributed by atoms with Gasteiger partial charge in [0.05, 0.1) is 12.0 Å². The van der Waals surface area contributed by atoms with Gasteiger partial charge in [0, 0.05) is 24.3 Å². The predicted molar refractivity (Wildman–Crippen MR) is 115 cm³/mol. The van der Waals surface area contributed by atoms with Crippen molar-refractivity contribution in [3.8, 4) is 0 Å². The van der Waals surface area contributed by atoms with E-state index >= 15 is 0 Å². The fourth-order valence-corrected chi connectivity index (χ4v) is 4.87. The number of carbonyl (C=O) groups is 2. The molecule has 1 saturated carbocycles. The second-order valence-electron chi connectivity index (χ2n) is 9.22. The largest absolute Gasteiger partial charge is 0.475 e. The van der Waals surface area contributed by atoms with Crippen LogP contribution in [-0.2, 0) is 15.8 Å². The number of thiazole rings is 1. The van der Waals surface area contributed by atoms with E-state index in [0.717, 1.165) is 29.6 Å². The molecule has 1 aromatic rings. The van der Waals surface area contributed by atoms with Gasteiger partial charge in [0.15, 0.2) is 16.6 Å². The first-order valence-electron chi connectivity index (χ1n) is 10.9. The lowest BCUT2D eigenvalue weighted by atomic mass is 9.74. The second-order valence-corrected chi connectivity index (χ2v) is 10.1. The summed E-state index contributed by atoms with van der Waals surface area (Å²) in [6.45, 7) is 4.25. The van der Waals surface area contributed by atoms with Crippen LogP contribution in [0.3, 0.4) is 0 Å². The molecule has 3 rings (SSSR count). The Bertz CT molecular complexity index is 816. The number of hydrogen-bond acceptors (Lipinski definition) is 7. The second kappa shape index (κ2) is 10.1. The monoisotopic (exact) mass is 475 g/mol. The van der Waals surface area contributed by atoms with Crippen LogP contribution in [0.25, 0.3) is 0 Å². The van der Waals surface area contributed by atoms with Crippen molar-refractivity contribution in [2.24, 2.45) is 17.8 Å². The van der Waals surface area contributed by atoms with Crippen LogP contribution < -0.4 is 10.2 Å². The first-order chi connectivity index (χ1) is 15.0. The zero-order valence-corrected chi connectivity index (χ0v) is 19.0. The number of aromatic nitrogens is 1. The summed E-state index contributed by atoms with van der Waals surface area (Å²) < 4.78 is 38.5. The number of halogens is 3. The first-order valence-corrected chi connectivity index (χ1v) is 11.8. The predicted octanol–water partition coefficient (Wildman–Crippen LogP) is 2.66. The van der Waals surface area contributed by atoms with Crippen LogP contribution in [0.4, 0.5) is 18.3 Å². The Kier molecular flexibility index (Phi) is 7.87. The SMILES string of the molecule is CC(C)C[C@H](NC(=O)[C@@H](CC(=O)[C@@H]1CCN1c1nc(C(F)(F)F)cs1)CC1CC1)B(O)O. The van der Waals surface area contributed by atoms with E-state index in [-0.39, 0.29) is 29.2 Å². The molecule has 1 aromatic heterocycles. The number of nitrogens with one attached hydrogen (secondary N) is 1. The topological polar surface area (TPSA) is 103 Å². The Hall–Kier alpha value is -1.66. The summed E-state index contributed by atoms with van der Waals surface area (Å²) in [4.78, 5) is 31.0. The van der Waals surface area contributed by atoms with E-state index in [1.807, 2.05) is 13.8 Å². The van der Waals surface area contributed by atoms with Gasteiger partial charge in [-0.2, -0.15) is 13.2 Å². The van der Waals surface area contributed by atoms with Gasteiger partial charge in [0.25, 0.3) is 0 Å². The van der Waals surface area contributed by atoms with Gasteiger partial charge < -0.3 is 20.3 Å². The number of amides is 1. The maximum Gasteiger partial charge on any atom is 0.475 e. The maximum atomic E-state index is 13.0. The van der Waals surface area contributed by atoms with Crippen molar-refractivity contribution in [2.75, 3.05) is 11.4 Å². The summed E-state index contributed by atoms with van der Waals surface area (Å²) in [6.07, 6.45) is -1.16. The van der Waals surface area contributed by atoms with E-state index in [1.54, 1.807) is 4.90 Å². The molecule has 3 N–H and O–H groups in total. The molecular formula is C20H29BF3N3O4S. The molecule has 0 bridgehead atoms. The molecule has 1 aliphatic carbocycles. The maximum absolute atomic E-state index is 13.0. The number of carbonyl (C=O) groups excluding carboxylic acids is 2. The number of hydrogen-bond donors (Lipinski definition) is 3. The van der Waals surface area contributed by atoms with Crippen LogP contribution in [0.15, 0.2) is 5.38 Å². The van der Waals surface area contributed by atoms with Crippen molar-refractivity contribution in [1.82, 2.24) is 10.3 Å². The van der Waals surface area contributed by atoms with Crippen molar-refractivity contribution in [3.63, 3.8) is 0 Å². The highest BCUT2D eigenvalue weighted by atomic mass is 32.1. The van der Waals surface area contributed by atoms with E-state index in [9.17, 15) is 32.8 Å². The molecule has 0 spiro atoms. The number of alkyl halides is 3. The minimum Gasteiger partial charge on any atom is -0.426 e. The number of rotatable bonds is 11. The molecule has 12 heteroatoms. The molecule has 0 aromatic carbocycles. The average molecular weight is 475 g/mol. The molecule has 1 saturated heterocycles. The van der Waals surface area contributed by atoms with E-state index < -0.39 is 36.9 Å². The molecule has 7 nitrogen and oxygen atoms in total. The Balaban J connectivity index is 1.64. The van der Waals surface area contributed by atoms with Crippen LogP contribution in [0.5, 0.6) is 0 Å². The third-order valence-electron chi connectivity index (χ3n) is 5.97. The molecular weight excluding hydrogens is 446 g/mol. The van der Waals surface area contributed by atoms with E-state index in [4.69, 9.17) is 0 Å². The fourth-order valence-electron chi connectivity index (χ4n) is 3.96. The van der Waals surface area contributed by atoms with Crippen molar-refractivity contribution in [1.29, 1.82) is 0 Å². The molecule has 178 valence electrons. The lowest BCUT2D eigenvalue weighted by Crippen LogP contribution is -2.54. The first kappa shape index (κ1) is 25.0. The van der Waals surface area contributed by atoms with Crippen LogP contribution in [-0.4, -0.2) is 52.4 Å². The number of ketones is 1. The van der Waals surface area contributed by atoms with Crippen LogP contribution in [0, 0.1) is 17.8 Å². The molecule has 2 fully saturated rings. The van der Waals surface area contributed by atoms with Gasteiger partial charge >= 0.3 is 13.3 Å². The normalized spacial score (nSPS) is 20.6. The number of anilines is 1. The van der Waals surface area contributed by atoms with E-state index in [2.05, 4.69) is 10.3 Å². The van der Waals surface area contributed by atoms with Crippen molar-refractivity contribution < 1.29 is 32.8 Å². The Morgan fingerprint density at radius 3 is 2.47 bits per heavy atom. The van der Waals surface area contributed by atoms with E-state index in [0.29, 0.717) is 31.7 Å². The molecule has 0 unspecified atom stereocenters. The molecule has 3 atom stereocenters. The Morgan fingerprint density at radius 1 is 1.31 bits per heavy atom. The van der Waals surface area contributed by atoms with Crippen molar-refractivity contribution >= 4 is 35.3 Å². The average Bonchev–Trinajstić information content (AvgIpc) is 3.32. The van der Waals surface area contributed by atoms with Crippen molar-refractivity contribution in [2.45, 2.75) is 70.5 Å². The van der Waals surface area contributed by atoms with Crippen LogP contribution >= 0.6 is 11.3 Å². The van der Waals surface area contributed by atoms with Gasteiger partial charge in [-0.25, -0.2) is 4.98 Å². The minimum absolute atomic E-state index is 0.0308. The van der Waals surface area contributed by atoms with Crippen LogP contribution in [0.2, 0.25) is 0 Å². The van der Waals surface area contributed by atoms with Crippen LogP contribution in [0.1, 0.15) is 58.1 Å². The highest BCUT2D eigenvalue weighted by Crippen LogP contribution is 2.39. The summed E-state index contributed by atoms with van der Waals surface area (Å²) in [5.41, 5.74) is -0.972. The summed E-state index contributed by atoms with van der Waals surface area (Å²) in [6, 6.07) is -0.591. The lowest BCUT2D eigenvalue weighted by molar-refractivity contribution is -0.140. The van der Waals surface area contributed by atoms with Gasteiger partial charge in [-0.3, -0.25) is 9.59 Å². The van der Waals surface area contributed by atoms with E-state index in [1.165, 1.54) is 0 Å². The van der Waals surface area contributed by atoms with Gasteiger partial charge in [0.2, 0.25) is 5.91 Å². The summed E-state index contributed by atoms with van der Waals surface area (Å²) >= 11 is 0.852. The molecule has 1 amide bonds. The minimum atomic E-state index is -4.53. The molecule has 2 aliphatic rings. The number of Topliss-reactive ketones (excluding diaryl/α,β-unsaturated/α-hetero) is 1. The lowest BCUT2D eigenvalue weighted by Gasteiger charge is -2.40. The summed E-state index contributed by atoms with van der Waals surface area (Å²) in [7, 11) is -1.70. The van der Waals surface area contributed by atoms with Gasteiger partial charge in [-0.15, -0.1) is 11.3 Å². The number of nitrogens with zero attached hydrogens (tertiary/aromatic N) is 2. The molecule has 32 heavy (non-hydrogen) atoms. The third-order valence-corrected chi connectivity index (χ3v) is 6.84. The zero-order chi connectivity index (χ0) is 23.6. The van der Waals surface area contributed by atoms with Crippen molar-refractivity contribution in [3.05, 3.63) is 11.1 Å². The molecule has 0 radical (unpaired) electrons. The third kappa shape index (κ3) is 6.45. The van der Waals surface area contributed by atoms with Gasteiger partial charge in [-0.1, -0.05) is 26.7 Å². The quantitative estimate of drug-likeness (QED) is 0.426. The Morgan fingerprint density at radius 2 is 2.00 bits per heavy atom. The van der Waals surface area contributed by atoms with Gasteiger partial charge in [-0.05, 0) is 31.1 Å². The highest BCUT2D eigenvalue weighted by molar-refractivity contribution is 7.13.